The van der Waals surface area contributed by atoms with Crippen LogP contribution in [-0.4, -0.2) is 21.9 Å². The van der Waals surface area contributed by atoms with Gasteiger partial charge in [0.25, 0.3) is 5.56 Å². The number of halogens is 2. The van der Waals surface area contributed by atoms with E-state index in [1.54, 1.807) is 18.2 Å². The Morgan fingerprint density at radius 3 is 2.79 bits per heavy atom. The first-order chi connectivity index (χ1) is 13.9. The van der Waals surface area contributed by atoms with Crippen LogP contribution >= 0.6 is 0 Å². The summed E-state index contributed by atoms with van der Waals surface area (Å²) in [6, 6.07) is 10.3. The van der Waals surface area contributed by atoms with Gasteiger partial charge in [-0.15, -0.1) is 8.78 Å². The van der Waals surface area contributed by atoms with Crippen molar-refractivity contribution in [2.24, 2.45) is 0 Å². The second-order valence-corrected chi connectivity index (χ2v) is 6.01. The van der Waals surface area contributed by atoms with Gasteiger partial charge in [0.15, 0.2) is 17.2 Å². The quantitative estimate of drug-likeness (QED) is 0.722. The molecule has 0 radical (unpaired) electrons. The highest BCUT2D eigenvalue weighted by atomic mass is 19.3. The molecule has 1 aliphatic rings. The van der Waals surface area contributed by atoms with E-state index in [2.05, 4.69) is 19.8 Å². The van der Waals surface area contributed by atoms with Gasteiger partial charge in [-0.25, -0.2) is 4.79 Å². The molecule has 3 heterocycles. The van der Waals surface area contributed by atoms with Crippen molar-refractivity contribution in [2.75, 3.05) is 5.32 Å². The largest absolute Gasteiger partial charge is 0.586 e. The van der Waals surface area contributed by atoms with Crippen molar-refractivity contribution in [3.63, 3.8) is 0 Å². The summed E-state index contributed by atoms with van der Waals surface area (Å²) >= 11 is 0. The lowest BCUT2D eigenvalue weighted by Gasteiger charge is -2.10. The summed E-state index contributed by atoms with van der Waals surface area (Å²) in [5.74, 6) is 0.0213. The van der Waals surface area contributed by atoms with Crippen LogP contribution < -0.4 is 25.1 Å². The van der Waals surface area contributed by atoms with E-state index in [4.69, 9.17) is 4.74 Å². The summed E-state index contributed by atoms with van der Waals surface area (Å²) in [7, 11) is 0. The Hall–Kier alpha value is -3.95. The molecule has 0 bridgehead atoms. The van der Waals surface area contributed by atoms with Gasteiger partial charge in [-0.05, 0) is 42.0 Å². The van der Waals surface area contributed by atoms with Crippen LogP contribution in [0.2, 0.25) is 0 Å². The first kappa shape index (κ1) is 18.4. The molecule has 0 aliphatic carbocycles. The minimum absolute atomic E-state index is 0.00586. The molecule has 29 heavy (non-hydrogen) atoms. The van der Waals surface area contributed by atoms with Crippen LogP contribution in [0, 0.1) is 0 Å². The van der Waals surface area contributed by atoms with E-state index >= 15 is 0 Å². The topological polar surface area (TPSA) is 91.7 Å². The van der Waals surface area contributed by atoms with Crippen LogP contribution in [0.15, 0.2) is 65.8 Å². The van der Waals surface area contributed by atoms with Crippen molar-refractivity contribution in [3.05, 3.63) is 77.0 Å². The first-order valence-electron chi connectivity index (χ1n) is 8.37. The monoisotopic (exact) mass is 401 g/mol. The maximum absolute atomic E-state index is 13.1. The van der Waals surface area contributed by atoms with Crippen LogP contribution in [0.1, 0.15) is 5.56 Å². The molecule has 0 spiro atoms. The Kier molecular flexibility index (Phi) is 4.59. The number of hydrogen-bond acceptors (Lipinski definition) is 6. The van der Waals surface area contributed by atoms with Gasteiger partial charge in [-0.2, -0.15) is 0 Å². The van der Waals surface area contributed by atoms with Crippen molar-refractivity contribution in [2.45, 2.75) is 12.8 Å². The van der Waals surface area contributed by atoms with Crippen molar-refractivity contribution in [3.8, 4) is 17.2 Å². The molecule has 0 saturated carbocycles. The number of anilines is 1. The normalized spacial score (nSPS) is 13.7. The fraction of sp³-hybridized carbons (Fsp3) is 0.105. The maximum atomic E-state index is 13.1. The molecular weight excluding hydrogens is 388 g/mol. The highest BCUT2D eigenvalue weighted by Gasteiger charge is 2.43. The van der Waals surface area contributed by atoms with Crippen LogP contribution in [0.3, 0.4) is 0 Å². The molecule has 10 heteroatoms. The van der Waals surface area contributed by atoms with Gasteiger partial charge in [-0.1, -0.05) is 6.07 Å². The van der Waals surface area contributed by atoms with E-state index in [0.717, 1.165) is 0 Å². The van der Waals surface area contributed by atoms with Gasteiger partial charge in [0, 0.05) is 12.4 Å². The number of pyridine rings is 2. The van der Waals surface area contributed by atoms with Crippen molar-refractivity contribution < 1.29 is 27.8 Å². The Morgan fingerprint density at radius 2 is 2.00 bits per heavy atom. The minimum atomic E-state index is -3.71. The summed E-state index contributed by atoms with van der Waals surface area (Å²) in [4.78, 5) is 28.4. The summed E-state index contributed by atoms with van der Waals surface area (Å²) in [6.07, 6.45) is -0.183. The van der Waals surface area contributed by atoms with E-state index in [1.165, 1.54) is 47.4 Å². The number of carbonyl (C=O) groups is 1. The third-order valence-corrected chi connectivity index (χ3v) is 3.92. The molecule has 0 fully saturated rings. The Balaban J connectivity index is 1.49. The van der Waals surface area contributed by atoms with Gasteiger partial charge in [0.1, 0.15) is 5.69 Å². The predicted molar refractivity (Wildman–Crippen MR) is 96.3 cm³/mol. The number of ether oxygens (including phenoxy) is 3. The molecular formula is C19H13F2N3O5. The number of aromatic nitrogens is 2. The molecule has 1 N–H and O–H groups in total. The third-order valence-electron chi connectivity index (χ3n) is 3.92. The zero-order chi connectivity index (χ0) is 20.4. The average molecular weight is 401 g/mol. The van der Waals surface area contributed by atoms with Crippen LogP contribution in [0.5, 0.6) is 17.2 Å². The van der Waals surface area contributed by atoms with E-state index in [0.29, 0.717) is 5.56 Å². The van der Waals surface area contributed by atoms with E-state index in [-0.39, 0.29) is 29.5 Å². The van der Waals surface area contributed by atoms with Gasteiger partial charge < -0.3 is 18.8 Å². The lowest BCUT2D eigenvalue weighted by molar-refractivity contribution is -0.286. The molecule has 8 nitrogen and oxygen atoms in total. The number of amides is 1. The fourth-order valence-corrected chi connectivity index (χ4v) is 2.69. The number of nitrogens with zero attached hydrogens (tertiary/aromatic N) is 2. The second-order valence-electron chi connectivity index (χ2n) is 6.01. The Labute approximate surface area is 162 Å². The molecule has 2 aromatic heterocycles. The molecule has 0 saturated heterocycles. The molecule has 1 aromatic carbocycles. The molecule has 0 atom stereocenters. The number of hydrogen-bond donors (Lipinski definition) is 1. The van der Waals surface area contributed by atoms with Crippen LogP contribution in [-0.2, 0) is 6.54 Å². The number of rotatable bonds is 4. The second kappa shape index (κ2) is 7.23. The van der Waals surface area contributed by atoms with Gasteiger partial charge in [0.2, 0.25) is 0 Å². The molecule has 1 aliphatic heterocycles. The molecule has 1 amide bonds. The number of fused-ring (bicyclic) bond motifs is 1. The minimum Gasteiger partial charge on any atom is -0.408 e. The number of benzene rings is 1. The Morgan fingerprint density at radius 1 is 1.17 bits per heavy atom. The average Bonchev–Trinajstić information content (AvgIpc) is 2.99. The summed E-state index contributed by atoms with van der Waals surface area (Å²) in [5, 5.41) is 2.37. The summed E-state index contributed by atoms with van der Waals surface area (Å²) in [6.45, 7) is 0.0637. The van der Waals surface area contributed by atoms with E-state index in [9.17, 15) is 18.4 Å². The van der Waals surface area contributed by atoms with Gasteiger partial charge >= 0.3 is 12.4 Å². The number of nitrogens with one attached hydrogen (secondary N) is 1. The van der Waals surface area contributed by atoms with Crippen molar-refractivity contribution >= 4 is 11.8 Å². The zero-order valence-corrected chi connectivity index (χ0v) is 14.7. The summed E-state index contributed by atoms with van der Waals surface area (Å²) in [5.41, 5.74) is 0.0227. The molecule has 0 unspecified atom stereocenters. The summed E-state index contributed by atoms with van der Waals surface area (Å²) < 4.78 is 41.4. The van der Waals surface area contributed by atoms with E-state index in [1.807, 2.05) is 0 Å². The molecule has 148 valence electrons. The highest BCUT2D eigenvalue weighted by molar-refractivity contribution is 5.85. The first-order valence-corrected chi connectivity index (χ1v) is 8.37. The lowest BCUT2D eigenvalue weighted by atomic mass is 10.2. The number of carbonyl (C=O) groups excluding carboxylic acids is 1. The van der Waals surface area contributed by atoms with Crippen LogP contribution in [0.25, 0.3) is 0 Å². The van der Waals surface area contributed by atoms with Crippen molar-refractivity contribution in [1.82, 2.24) is 9.55 Å². The van der Waals surface area contributed by atoms with Crippen molar-refractivity contribution in [1.29, 1.82) is 0 Å². The van der Waals surface area contributed by atoms with Crippen LogP contribution in [0.4, 0.5) is 19.3 Å². The Bertz CT molecular complexity index is 1120. The fourth-order valence-electron chi connectivity index (χ4n) is 2.69. The standard InChI is InChI=1S/C19H13F2N3O5/c20-19(21)28-15-6-5-12(9-16(15)29-19)11-24-8-2-4-14(17(24)25)23-18(26)27-13-3-1-7-22-10-13/h1-10H,11H2,(H,23,26). The smallest absolute Gasteiger partial charge is 0.408 e. The number of alkyl halides is 2. The SMILES string of the molecule is O=C(Nc1cccn(Cc2ccc3c(c2)OC(F)(F)O3)c1=O)Oc1cccnc1. The van der Waals surface area contributed by atoms with Gasteiger partial charge in [-0.3, -0.25) is 15.1 Å². The lowest BCUT2D eigenvalue weighted by Crippen LogP contribution is -2.27. The predicted octanol–water partition coefficient (Wildman–Crippen LogP) is 3.22. The third kappa shape index (κ3) is 4.15. The highest BCUT2D eigenvalue weighted by Crippen LogP contribution is 2.41. The zero-order valence-electron chi connectivity index (χ0n) is 14.7. The molecule has 3 aromatic rings. The molecule has 4 rings (SSSR count). The maximum Gasteiger partial charge on any atom is 0.586 e. The van der Waals surface area contributed by atoms with Gasteiger partial charge in [0.05, 0.1) is 12.7 Å². The van der Waals surface area contributed by atoms with E-state index < -0.39 is 17.9 Å².